The third kappa shape index (κ3) is 3.15. The number of ether oxygens (including phenoxy) is 1. The van der Waals surface area contributed by atoms with Gasteiger partial charge in [0, 0.05) is 24.9 Å². The standard InChI is InChI=1S/C16H22ClN3O/c1-21-15-8-7-13-16(19-15)20(14(18-13)9-10-17)11-12-5-3-2-4-6-12/h7-8,12H,2-6,9-11H2,1H3. The molecule has 114 valence electrons. The summed E-state index contributed by atoms with van der Waals surface area (Å²) in [6.07, 6.45) is 7.47. The summed E-state index contributed by atoms with van der Waals surface area (Å²) < 4.78 is 7.52. The number of hydrogen-bond donors (Lipinski definition) is 0. The predicted octanol–water partition coefficient (Wildman–Crippen LogP) is 3.80. The Balaban J connectivity index is 1.96. The van der Waals surface area contributed by atoms with Crippen molar-refractivity contribution in [2.75, 3.05) is 13.0 Å². The van der Waals surface area contributed by atoms with Crippen LogP contribution in [-0.2, 0) is 13.0 Å². The number of halogens is 1. The molecule has 4 nitrogen and oxygen atoms in total. The van der Waals surface area contributed by atoms with E-state index in [2.05, 4.69) is 9.55 Å². The van der Waals surface area contributed by atoms with E-state index in [9.17, 15) is 0 Å². The highest BCUT2D eigenvalue weighted by molar-refractivity contribution is 6.17. The number of rotatable bonds is 5. The van der Waals surface area contributed by atoms with Gasteiger partial charge in [-0.15, -0.1) is 11.6 Å². The van der Waals surface area contributed by atoms with Crippen LogP contribution < -0.4 is 4.74 Å². The molecule has 0 bridgehead atoms. The van der Waals surface area contributed by atoms with Gasteiger partial charge in [-0.1, -0.05) is 19.3 Å². The van der Waals surface area contributed by atoms with Crippen molar-refractivity contribution in [2.24, 2.45) is 5.92 Å². The molecule has 0 amide bonds. The van der Waals surface area contributed by atoms with Gasteiger partial charge in [0.1, 0.15) is 11.3 Å². The summed E-state index contributed by atoms with van der Waals surface area (Å²) in [6.45, 7) is 1.00. The smallest absolute Gasteiger partial charge is 0.215 e. The van der Waals surface area contributed by atoms with Crippen molar-refractivity contribution < 1.29 is 4.74 Å². The first-order valence-electron chi connectivity index (χ1n) is 7.78. The largest absolute Gasteiger partial charge is 0.481 e. The Morgan fingerprint density at radius 3 is 2.76 bits per heavy atom. The van der Waals surface area contributed by atoms with Crippen LogP contribution in [0.1, 0.15) is 37.9 Å². The molecular weight excluding hydrogens is 286 g/mol. The SMILES string of the molecule is COc1ccc2nc(CCCl)n(CC3CCCCC3)c2n1. The summed E-state index contributed by atoms with van der Waals surface area (Å²) in [5.74, 6) is 3.01. The van der Waals surface area contributed by atoms with Crippen LogP contribution in [0.3, 0.4) is 0 Å². The molecule has 5 heteroatoms. The Bertz CT molecular complexity index is 605. The minimum atomic E-state index is 0.588. The zero-order valence-electron chi connectivity index (χ0n) is 12.5. The average Bonchev–Trinajstić information content (AvgIpc) is 2.86. The molecule has 0 radical (unpaired) electrons. The fourth-order valence-corrected chi connectivity index (χ4v) is 3.41. The number of imidazole rings is 1. The molecule has 0 unspecified atom stereocenters. The van der Waals surface area contributed by atoms with E-state index in [4.69, 9.17) is 21.3 Å². The fraction of sp³-hybridized carbons (Fsp3) is 0.625. The molecule has 0 spiro atoms. The third-order valence-corrected chi connectivity index (χ3v) is 4.53. The summed E-state index contributed by atoms with van der Waals surface area (Å²) in [5.41, 5.74) is 1.87. The molecule has 3 rings (SSSR count). The van der Waals surface area contributed by atoms with Gasteiger partial charge < -0.3 is 9.30 Å². The molecule has 2 aromatic heterocycles. The average molecular weight is 308 g/mol. The summed E-state index contributed by atoms with van der Waals surface area (Å²) in [4.78, 5) is 9.30. The van der Waals surface area contributed by atoms with E-state index in [1.807, 2.05) is 12.1 Å². The van der Waals surface area contributed by atoms with Gasteiger partial charge >= 0.3 is 0 Å². The van der Waals surface area contributed by atoms with Crippen LogP contribution in [0.4, 0.5) is 0 Å². The van der Waals surface area contributed by atoms with Crippen molar-refractivity contribution in [3.05, 3.63) is 18.0 Å². The van der Waals surface area contributed by atoms with E-state index < -0.39 is 0 Å². The zero-order valence-corrected chi connectivity index (χ0v) is 13.3. The minimum absolute atomic E-state index is 0.588. The molecular formula is C16H22ClN3O. The number of aryl methyl sites for hydroxylation is 1. The Morgan fingerprint density at radius 1 is 1.24 bits per heavy atom. The van der Waals surface area contributed by atoms with E-state index in [-0.39, 0.29) is 0 Å². The topological polar surface area (TPSA) is 39.9 Å². The van der Waals surface area contributed by atoms with Crippen LogP contribution in [-0.4, -0.2) is 27.5 Å². The van der Waals surface area contributed by atoms with Gasteiger partial charge in [0.05, 0.1) is 7.11 Å². The molecule has 0 N–H and O–H groups in total. The number of fused-ring (bicyclic) bond motifs is 1. The molecule has 1 aliphatic rings. The van der Waals surface area contributed by atoms with Gasteiger partial charge in [0.2, 0.25) is 5.88 Å². The zero-order chi connectivity index (χ0) is 14.7. The second-order valence-electron chi connectivity index (χ2n) is 5.78. The Morgan fingerprint density at radius 2 is 2.05 bits per heavy atom. The van der Waals surface area contributed by atoms with Crippen LogP contribution in [0.25, 0.3) is 11.2 Å². The summed E-state index contributed by atoms with van der Waals surface area (Å²) in [6, 6.07) is 3.85. The number of nitrogens with zero attached hydrogens (tertiary/aromatic N) is 3. The first-order valence-corrected chi connectivity index (χ1v) is 8.31. The molecule has 0 aliphatic heterocycles. The molecule has 0 aromatic carbocycles. The fourth-order valence-electron chi connectivity index (χ4n) is 3.24. The molecule has 1 fully saturated rings. The lowest BCUT2D eigenvalue weighted by molar-refractivity contribution is 0.318. The third-order valence-electron chi connectivity index (χ3n) is 4.34. The van der Waals surface area contributed by atoms with Crippen LogP contribution >= 0.6 is 11.6 Å². The highest BCUT2D eigenvalue weighted by Gasteiger charge is 2.19. The van der Waals surface area contributed by atoms with Crippen molar-refractivity contribution in [3.8, 4) is 5.88 Å². The van der Waals surface area contributed by atoms with Gasteiger partial charge in [-0.25, -0.2) is 4.98 Å². The normalized spacial score (nSPS) is 16.5. The van der Waals surface area contributed by atoms with Gasteiger partial charge in [-0.3, -0.25) is 0 Å². The Kier molecular flexibility index (Phi) is 4.63. The lowest BCUT2D eigenvalue weighted by Gasteiger charge is -2.23. The molecule has 1 aliphatic carbocycles. The van der Waals surface area contributed by atoms with Crippen molar-refractivity contribution in [3.63, 3.8) is 0 Å². The molecule has 0 saturated heterocycles. The number of pyridine rings is 1. The van der Waals surface area contributed by atoms with Crippen molar-refractivity contribution in [2.45, 2.75) is 45.1 Å². The van der Waals surface area contributed by atoms with Crippen molar-refractivity contribution in [1.82, 2.24) is 14.5 Å². The van der Waals surface area contributed by atoms with E-state index in [1.54, 1.807) is 7.11 Å². The maximum atomic E-state index is 5.94. The van der Waals surface area contributed by atoms with Crippen LogP contribution in [0, 0.1) is 5.92 Å². The summed E-state index contributed by atoms with van der Waals surface area (Å²) in [5, 5.41) is 0. The molecule has 1 saturated carbocycles. The maximum absolute atomic E-state index is 5.94. The quantitative estimate of drug-likeness (QED) is 0.789. The lowest BCUT2D eigenvalue weighted by atomic mass is 9.89. The molecule has 2 aromatic rings. The summed E-state index contributed by atoms with van der Waals surface area (Å²) in [7, 11) is 1.65. The van der Waals surface area contributed by atoms with Crippen molar-refractivity contribution >= 4 is 22.8 Å². The van der Waals surface area contributed by atoms with Gasteiger partial charge in [-0.2, -0.15) is 4.98 Å². The van der Waals surface area contributed by atoms with Crippen LogP contribution in [0.5, 0.6) is 5.88 Å². The van der Waals surface area contributed by atoms with E-state index in [1.165, 1.54) is 32.1 Å². The number of methoxy groups -OCH3 is 1. The second-order valence-corrected chi connectivity index (χ2v) is 6.16. The highest BCUT2D eigenvalue weighted by atomic mass is 35.5. The van der Waals surface area contributed by atoms with E-state index >= 15 is 0 Å². The Labute approximate surface area is 130 Å². The van der Waals surface area contributed by atoms with Gasteiger partial charge in [-0.05, 0) is 24.8 Å². The first-order chi connectivity index (χ1) is 10.3. The second kappa shape index (κ2) is 6.65. The first kappa shape index (κ1) is 14.6. The maximum Gasteiger partial charge on any atom is 0.215 e. The van der Waals surface area contributed by atoms with Crippen molar-refractivity contribution in [1.29, 1.82) is 0 Å². The number of alkyl halides is 1. The number of aromatic nitrogens is 3. The summed E-state index contributed by atoms with van der Waals surface area (Å²) >= 11 is 5.94. The highest BCUT2D eigenvalue weighted by Crippen LogP contribution is 2.27. The monoisotopic (exact) mass is 307 g/mol. The molecule has 21 heavy (non-hydrogen) atoms. The van der Waals surface area contributed by atoms with E-state index in [0.717, 1.165) is 35.9 Å². The predicted molar refractivity (Wildman–Crippen MR) is 85.1 cm³/mol. The Hall–Kier alpha value is -1.29. The van der Waals surface area contributed by atoms with Gasteiger partial charge in [0.15, 0.2) is 5.65 Å². The molecule has 2 heterocycles. The van der Waals surface area contributed by atoms with E-state index in [0.29, 0.717) is 11.8 Å². The van der Waals surface area contributed by atoms with Crippen LogP contribution in [0.2, 0.25) is 0 Å². The van der Waals surface area contributed by atoms with Crippen LogP contribution in [0.15, 0.2) is 12.1 Å². The molecule has 0 atom stereocenters. The number of hydrogen-bond acceptors (Lipinski definition) is 3. The van der Waals surface area contributed by atoms with Gasteiger partial charge in [0.25, 0.3) is 0 Å². The lowest BCUT2D eigenvalue weighted by Crippen LogP contribution is -2.16. The minimum Gasteiger partial charge on any atom is -0.481 e.